The van der Waals surface area contributed by atoms with Crippen molar-refractivity contribution < 1.29 is 29.9 Å². The van der Waals surface area contributed by atoms with Crippen molar-refractivity contribution in [1.82, 2.24) is 0 Å². The van der Waals surface area contributed by atoms with Crippen LogP contribution in [0.25, 0.3) is 0 Å². The van der Waals surface area contributed by atoms with E-state index >= 15 is 0 Å². The first kappa shape index (κ1) is 10.8. The van der Waals surface area contributed by atoms with Gasteiger partial charge in [-0.25, -0.2) is 0 Å². The Bertz CT molecular complexity index is 163. The number of aliphatic hydroxyl groups excluding tert-OH is 4. The van der Waals surface area contributed by atoms with E-state index in [4.69, 9.17) is 19.7 Å². The molecule has 0 radical (unpaired) electrons. The molecule has 0 amide bonds. The summed E-state index contributed by atoms with van der Waals surface area (Å²) >= 11 is 0. The Morgan fingerprint density at radius 2 is 2.00 bits per heavy atom. The fraction of sp³-hybridized carbons (Fsp3) is 1.00. The number of methoxy groups -OCH3 is 1. The normalized spacial score (nSPS) is 42.2. The average Bonchev–Trinajstić information content (AvgIpc) is 2.43. The molecule has 6 nitrogen and oxygen atoms in total. The molecule has 5 atom stereocenters. The lowest BCUT2D eigenvalue weighted by Crippen LogP contribution is -2.40. The van der Waals surface area contributed by atoms with E-state index < -0.39 is 37.3 Å². The fourth-order valence-corrected chi connectivity index (χ4v) is 1.29. The second-order valence-corrected chi connectivity index (χ2v) is 2.94. The van der Waals surface area contributed by atoms with E-state index in [1.165, 1.54) is 7.11 Å². The summed E-state index contributed by atoms with van der Waals surface area (Å²) < 4.78 is 9.65. The second-order valence-electron chi connectivity index (χ2n) is 2.94. The summed E-state index contributed by atoms with van der Waals surface area (Å²) in [5.74, 6) is 0. The van der Waals surface area contributed by atoms with Crippen molar-refractivity contribution in [1.29, 1.82) is 0 Å². The summed E-state index contributed by atoms with van der Waals surface area (Å²) in [6, 6.07) is 0. The van der Waals surface area contributed by atoms with E-state index in [-0.39, 0.29) is 0 Å². The predicted molar refractivity (Wildman–Crippen MR) is 40.8 cm³/mol. The molecule has 0 unspecified atom stereocenters. The third-order valence-electron chi connectivity index (χ3n) is 2.06. The molecule has 1 aliphatic heterocycles. The van der Waals surface area contributed by atoms with E-state index in [0.29, 0.717) is 0 Å². The molecule has 0 aliphatic carbocycles. The van der Waals surface area contributed by atoms with Crippen LogP contribution in [0.2, 0.25) is 0 Å². The molecule has 1 fully saturated rings. The minimum atomic E-state index is -1.24. The zero-order valence-corrected chi connectivity index (χ0v) is 7.20. The van der Waals surface area contributed by atoms with Crippen molar-refractivity contribution >= 4 is 0 Å². The number of hydrogen-bond acceptors (Lipinski definition) is 6. The molecule has 13 heavy (non-hydrogen) atoms. The zero-order valence-electron chi connectivity index (χ0n) is 7.20. The van der Waals surface area contributed by atoms with Crippen molar-refractivity contribution in [2.24, 2.45) is 0 Å². The molecule has 4 N–H and O–H groups in total. The quantitative estimate of drug-likeness (QED) is 0.394. The molecular weight excluding hydrogens is 180 g/mol. The van der Waals surface area contributed by atoms with Crippen LogP contribution in [0.4, 0.5) is 0 Å². The van der Waals surface area contributed by atoms with Gasteiger partial charge in [0.15, 0.2) is 6.29 Å². The first-order chi connectivity index (χ1) is 6.11. The molecule has 0 aromatic carbocycles. The van der Waals surface area contributed by atoms with Gasteiger partial charge in [-0.3, -0.25) is 0 Å². The van der Waals surface area contributed by atoms with Gasteiger partial charge in [0.25, 0.3) is 0 Å². The van der Waals surface area contributed by atoms with Gasteiger partial charge in [0, 0.05) is 7.11 Å². The van der Waals surface area contributed by atoms with Crippen molar-refractivity contribution in [2.75, 3.05) is 13.7 Å². The van der Waals surface area contributed by atoms with Crippen LogP contribution >= 0.6 is 0 Å². The van der Waals surface area contributed by atoms with Crippen LogP contribution in [0.3, 0.4) is 0 Å². The van der Waals surface area contributed by atoms with Crippen LogP contribution in [0.5, 0.6) is 0 Å². The van der Waals surface area contributed by atoms with E-state index in [0.717, 1.165) is 0 Å². The molecule has 0 aromatic rings. The Kier molecular flexibility index (Phi) is 3.60. The van der Waals surface area contributed by atoms with Gasteiger partial charge in [-0.2, -0.15) is 0 Å². The number of ether oxygens (including phenoxy) is 2. The van der Waals surface area contributed by atoms with E-state index in [1.807, 2.05) is 0 Å². The largest absolute Gasteiger partial charge is 0.394 e. The first-order valence-corrected chi connectivity index (χ1v) is 3.95. The SMILES string of the molecule is CO[C@H]1O[C@@H]([C@H](O)CO)[C@H](O)[C@@H]1O. The number of aliphatic hydroxyl groups is 4. The Labute approximate surface area is 75.3 Å². The van der Waals surface area contributed by atoms with Crippen molar-refractivity contribution in [3.63, 3.8) is 0 Å². The average molecular weight is 194 g/mol. The molecule has 1 saturated heterocycles. The smallest absolute Gasteiger partial charge is 0.186 e. The number of hydrogen-bond donors (Lipinski definition) is 4. The summed E-state index contributed by atoms with van der Waals surface area (Å²) in [5.41, 5.74) is 0. The molecule has 1 aliphatic rings. The molecule has 0 bridgehead atoms. The summed E-state index contributed by atoms with van der Waals surface area (Å²) in [7, 11) is 1.31. The lowest BCUT2D eigenvalue weighted by atomic mass is 10.1. The monoisotopic (exact) mass is 194 g/mol. The molecule has 0 aromatic heterocycles. The fourth-order valence-electron chi connectivity index (χ4n) is 1.29. The maximum absolute atomic E-state index is 9.33. The van der Waals surface area contributed by atoms with Gasteiger partial charge in [0.05, 0.1) is 6.61 Å². The van der Waals surface area contributed by atoms with Gasteiger partial charge in [-0.05, 0) is 0 Å². The van der Waals surface area contributed by atoms with E-state index in [2.05, 4.69) is 0 Å². The highest BCUT2D eigenvalue weighted by molar-refractivity contribution is 4.90. The van der Waals surface area contributed by atoms with Crippen LogP contribution in [-0.2, 0) is 9.47 Å². The Balaban J connectivity index is 2.60. The minimum absolute atomic E-state index is 0.537. The zero-order chi connectivity index (χ0) is 10.0. The third-order valence-corrected chi connectivity index (χ3v) is 2.06. The molecule has 0 saturated carbocycles. The molecule has 6 heteroatoms. The van der Waals surface area contributed by atoms with Crippen LogP contribution in [-0.4, -0.2) is 64.8 Å². The van der Waals surface area contributed by atoms with Crippen molar-refractivity contribution in [3.05, 3.63) is 0 Å². The molecule has 1 heterocycles. The molecule has 1 rings (SSSR count). The summed E-state index contributed by atoms with van der Waals surface area (Å²) in [6.07, 6.45) is -5.63. The van der Waals surface area contributed by atoms with Gasteiger partial charge in [0.2, 0.25) is 0 Å². The summed E-state index contributed by atoms with van der Waals surface area (Å²) in [6.45, 7) is -0.537. The lowest BCUT2D eigenvalue weighted by molar-refractivity contribution is -0.166. The highest BCUT2D eigenvalue weighted by Gasteiger charge is 2.45. The van der Waals surface area contributed by atoms with Crippen molar-refractivity contribution in [3.8, 4) is 0 Å². The summed E-state index contributed by atoms with van der Waals surface area (Å²) in [4.78, 5) is 0. The topological polar surface area (TPSA) is 99.4 Å². The molecule has 78 valence electrons. The van der Waals surface area contributed by atoms with Crippen LogP contribution < -0.4 is 0 Å². The van der Waals surface area contributed by atoms with Crippen molar-refractivity contribution in [2.45, 2.75) is 30.7 Å². The van der Waals surface area contributed by atoms with Crippen LogP contribution in [0.15, 0.2) is 0 Å². The Hall–Kier alpha value is -0.240. The Morgan fingerprint density at radius 1 is 1.38 bits per heavy atom. The van der Waals surface area contributed by atoms with Gasteiger partial charge < -0.3 is 29.9 Å². The minimum Gasteiger partial charge on any atom is -0.394 e. The number of rotatable bonds is 3. The lowest BCUT2D eigenvalue weighted by Gasteiger charge is -2.18. The Morgan fingerprint density at radius 3 is 2.38 bits per heavy atom. The highest BCUT2D eigenvalue weighted by atomic mass is 16.7. The first-order valence-electron chi connectivity index (χ1n) is 3.95. The second kappa shape index (κ2) is 4.32. The standard InChI is InChI=1S/C7H14O6/c1-12-7-5(11)4(10)6(13-7)3(9)2-8/h3-11H,2H2,1H3/t3-,4-,5+,6+,7+/m1/s1. The summed E-state index contributed by atoms with van der Waals surface area (Å²) in [5, 5.41) is 36.4. The van der Waals surface area contributed by atoms with Gasteiger partial charge >= 0.3 is 0 Å². The maximum atomic E-state index is 9.33. The highest BCUT2D eigenvalue weighted by Crippen LogP contribution is 2.23. The van der Waals surface area contributed by atoms with E-state index in [1.54, 1.807) is 0 Å². The van der Waals surface area contributed by atoms with Crippen LogP contribution in [0, 0.1) is 0 Å². The molecular formula is C7H14O6. The van der Waals surface area contributed by atoms with Gasteiger partial charge in [-0.1, -0.05) is 0 Å². The van der Waals surface area contributed by atoms with E-state index in [9.17, 15) is 10.2 Å². The van der Waals surface area contributed by atoms with Gasteiger partial charge in [-0.15, -0.1) is 0 Å². The van der Waals surface area contributed by atoms with Gasteiger partial charge in [0.1, 0.15) is 24.4 Å². The molecule has 0 spiro atoms. The maximum Gasteiger partial charge on any atom is 0.186 e. The van der Waals surface area contributed by atoms with Crippen LogP contribution in [0.1, 0.15) is 0 Å². The third kappa shape index (κ3) is 1.98. The predicted octanol–water partition coefficient (Wildman–Crippen LogP) is -2.57.